The molecule has 1 fully saturated rings. The van der Waals surface area contributed by atoms with E-state index in [1.807, 2.05) is 6.92 Å². The molecule has 5 nitrogen and oxygen atoms in total. The van der Waals surface area contributed by atoms with Gasteiger partial charge in [-0.05, 0) is 24.5 Å². The molecule has 1 aromatic rings. The summed E-state index contributed by atoms with van der Waals surface area (Å²) in [7, 11) is -2.88. The summed E-state index contributed by atoms with van der Waals surface area (Å²) < 4.78 is 27.9. The first-order valence-electron chi connectivity index (χ1n) is 6.07. The predicted molar refractivity (Wildman–Crippen MR) is 67.2 cm³/mol. The molecule has 1 aliphatic heterocycles. The Morgan fingerprint density at radius 3 is 2.83 bits per heavy atom. The van der Waals surface area contributed by atoms with E-state index < -0.39 is 9.84 Å². The normalized spacial score (nSPS) is 21.9. The van der Waals surface area contributed by atoms with Crippen LogP contribution in [0.15, 0.2) is 16.5 Å². The SMILES string of the molecule is CCc1ccc(C(=O)NCC2CCS(=O)(=O)C2)o1. The third-order valence-corrected chi connectivity index (χ3v) is 4.95. The summed E-state index contributed by atoms with van der Waals surface area (Å²) in [5.74, 6) is 1.20. The average Bonchev–Trinajstić information content (AvgIpc) is 2.92. The Kier molecular flexibility index (Phi) is 3.75. The second-order valence-electron chi connectivity index (χ2n) is 4.60. The van der Waals surface area contributed by atoms with Gasteiger partial charge in [-0.2, -0.15) is 0 Å². The van der Waals surface area contributed by atoms with E-state index in [1.54, 1.807) is 12.1 Å². The molecule has 1 aliphatic rings. The van der Waals surface area contributed by atoms with Gasteiger partial charge in [-0.1, -0.05) is 6.92 Å². The van der Waals surface area contributed by atoms with Gasteiger partial charge in [0, 0.05) is 13.0 Å². The molecule has 6 heteroatoms. The second-order valence-corrected chi connectivity index (χ2v) is 6.83. The second kappa shape index (κ2) is 5.14. The molecular weight excluding hydrogens is 254 g/mol. The smallest absolute Gasteiger partial charge is 0.287 e. The van der Waals surface area contributed by atoms with Gasteiger partial charge in [-0.25, -0.2) is 8.42 Å². The maximum atomic E-state index is 11.7. The van der Waals surface area contributed by atoms with E-state index in [9.17, 15) is 13.2 Å². The van der Waals surface area contributed by atoms with Gasteiger partial charge < -0.3 is 9.73 Å². The van der Waals surface area contributed by atoms with Crippen molar-refractivity contribution >= 4 is 15.7 Å². The third kappa shape index (κ3) is 3.13. The number of rotatable bonds is 4. The Labute approximate surface area is 106 Å². The van der Waals surface area contributed by atoms with E-state index in [2.05, 4.69) is 5.32 Å². The highest BCUT2D eigenvalue weighted by molar-refractivity contribution is 7.91. The van der Waals surface area contributed by atoms with Crippen LogP contribution in [-0.4, -0.2) is 32.4 Å². The zero-order valence-corrected chi connectivity index (χ0v) is 11.1. The maximum absolute atomic E-state index is 11.7. The fourth-order valence-electron chi connectivity index (χ4n) is 2.05. The van der Waals surface area contributed by atoms with Gasteiger partial charge in [-0.15, -0.1) is 0 Å². The summed E-state index contributed by atoms with van der Waals surface area (Å²) in [6.45, 7) is 2.34. The first-order chi connectivity index (χ1) is 8.50. The lowest BCUT2D eigenvalue weighted by molar-refractivity contribution is 0.0919. The van der Waals surface area contributed by atoms with Gasteiger partial charge in [0.15, 0.2) is 15.6 Å². The van der Waals surface area contributed by atoms with Crippen molar-refractivity contribution < 1.29 is 17.6 Å². The van der Waals surface area contributed by atoms with Crippen LogP contribution in [0.25, 0.3) is 0 Å². The topological polar surface area (TPSA) is 76.4 Å². The van der Waals surface area contributed by atoms with Crippen LogP contribution in [0.4, 0.5) is 0 Å². The molecule has 1 amide bonds. The van der Waals surface area contributed by atoms with Crippen molar-refractivity contribution in [3.05, 3.63) is 23.7 Å². The monoisotopic (exact) mass is 271 g/mol. The molecule has 0 spiro atoms. The largest absolute Gasteiger partial charge is 0.456 e. The summed E-state index contributed by atoms with van der Waals surface area (Å²) in [5.41, 5.74) is 0. The van der Waals surface area contributed by atoms with Gasteiger partial charge in [0.2, 0.25) is 0 Å². The first kappa shape index (κ1) is 13.1. The van der Waals surface area contributed by atoms with E-state index >= 15 is 0 Å². The summed E-state index contributed by atoms with van der Waals surface area (Å²) in [4.78, 5) is 11.7. The van der Waals surface area contributed by atoms with Crippen molar-refractivity contribution in [1.82, 2.24) is 5.32 Å². The van der Waals surface area contributed by atoms with Crippen LogP contribution in [0.5, 0.6) is 0 Å². The molecule has 0 saturated carbocycles. The number of hydrogen-bond acceptors (Lipinski definition) is 4. The molecule has 100 valence electrons. The molecule has 1 saturated heterocycles. The average molecular weight is 271 g/mol. The van der Waals surface area contributed by atoms with Gasteiger partial charge in [0.05, 0.1) is 11.5 Å². The molecule has 1 N–H and O–H groups in total. The predicted octanol–water partition coefficient (Wildman–Crippen LogP) is 1.01. The van der Waals surface area contributed by atoms with E-state index in [0.717, 1.165) is 12.2 Å². The number of hydrogen-bond donors (Lipinski definition) is 1. The summed E-state index contributed by atoms with van der Waals surface area (Å²) in [5, 5.41) is 2.72. The van der Waals surface area contributed by atoms with Gasteiger partial charge in [0.1, 0.15) is 5.76 Å². The number of nitrogens with one attached hydrogen (secondary N) is 1. The number of carbonyl (C=O) groups is 1. The van der Waals surface area contributed by atoms with Crippen LogP contribution in [0.2, 0.25) is 0 Å². The van der Waals surface area contributed by atoms with Crippen LogP contribution in [0.1, 0.15) is 29.7 Å². The lowest BCUT2D eigenvalue weighted by atomic mass is 10.1. The van der Waals surface area contributed by atoms with Crippen LogP contribution >= 0.6 is 0 Å². The van der Waals surface area contributed by atoms with Crippen molar-refractivity contribution in [2.75, 3.05) is 18.1 Å². The molecule has 2 rings (SSSR count). The summed E-state index contributed by atoms with van der Waals surface area (Å²) in [6.07, 6.45) is 1.37. The number of carbonyl (C=O) groups excluding carboxylic acids is 1. The van der Waals surface area contributed by atoms with Crippen molar-refractivity contribution in [3.63, 3.8) is 0 Å². The molecule has 0 radical (unpaired) electrons. The summed E-state index contributed by atoms with van der Waals surface area (Å²) in [6, 6.07) is 3.41. The molecular formula is C12H17NO4S. The highest BCUT2D eigenvalue weighted by atomic mass is 32.2. The van der Waals surface area contributed by atoms with E-state index in [-0.39, 0.29) is 29.1 Å². The van der Waals surface area contributed by atoms with Crippen LogP contribution in [0.3, 0.4) is 0 Å². The third-order valence-electron chi connectivity index (χ3n) is 3.11. The van der Waals surface area contributed by atoms with Crippen LogP contribution < -0.4 is 5.32 Å². The number of sulfone groups is 1. The highest BCUT2D eigenvalue weighted by Gasteiger charge is 2.28. The van der Waals surface area contributed by atoms with Crippen molar-refractivity contribution in [1.29, 1.82) is 0 Å². The van der Waals surface area contributed by atoms with E-state index in [4.69, 9.17) is 4.42 Å². The molecule has 1 aromatic heterocycles. The minimum Gasteiger partial charge on any atom is -0.456 e. The molecule has 2 heterocycles. The Hall–Kier alpha value is -1.30. The Morgan fingerprint density at radius 1 is 1.50 bits per heavy atom. The van der Waals surface area contributed by atoms with Crippen molar-refractivity contribution in [3.8, 4) is 0 Å². The fourth-order valence-corrected chi connectivity index (χ4v) is 3.91. The number of aryl methyl sites for hydroxylation is 1. The minimum absolute atomic E-state index is 0.0274. The lowest BCUT2D eigenvalue weighted by Crippen LogP contribution is -2.29. The minimum atomic E-state index is -2.88. The Morgan fingerprint density at radius 2 is 2.28 bits per heavy atom. The van der Waals surface area contributed by atoms with E-state index in [0.29, 0.717) is 13.0 Å². The molecule has 0 bridgehead atoms. The molecule has 18 heavy (non-hydrogen) atoms. The van der Waals surface area contributed by atoms with Gasteiger partial charge in [-0.3, -0.25) is 4.79 Å². The standard InChI is InChI=1S/C12H17NO4S/c1-2-10-3-4-11(17-10)12(14)13-7-9-5-6-18(15,16)8-9/h3-4,9H,2,5-8H2,1H3,(H,13,14). The van der Waals surface area contributed by atoms with Crippen molar-refractivity contribution in [2.45, 2.75) is 19.8 Å². The molecule has 1 atom stereocenters. The Bertz CT molecular complexity index is 532. The quantitative estimate of drug-likeness (QED) is 0.886. The first-order valence-corrected chi connectivity index (χ1v) is 7.89. The van der Waals surface area contributed by atoms with Gasteiger partial charge >= 0.3 is 0 Å². The van der Waals surface area contributed by atoms with E-state index in [1.165, 1.54) is 0 Å². The lowest BCUT2D eigenvalue weighted by Gasteiger charge is -2.08. The van der Waals surface area contributed by atoms with Crippen molar-refractivity contribution in [2.24, 2.45) is 5.92 Å². The number of furan rings is 1. The molecule has 0 aromatic carbocycles. The van der Waals surface area contributed by atoms with Crippen LogP contribution in [0, 0.1) is 5.92 Å². The Balaban J connectivity index is 1.85. The zero-order valence-electron chi connectivity index (χ0n) is 10.3. The van der Waals surface area contributed by atoms with Crippen LogP contribution in [-0.2, 0) is 16.3 Å². The zero-order chi connectivity index (χ0) is 13.2. The summed E-state index contributed by atoms with van der Waals surface area (Å²) >= 11 is 0. The number of amides is 1. The maximum Gasteiger partial charge on any atom is 0.287 e. The fraction of sp³-hybridized carbons (Fsp3) is 0.583. The van der Waals surface area contributed by atoms with Gasteiger partial charge in [0.25, 0.3) is 5.91 Å². The molecule has 0 aliphatic carbocycles. The molecule has 1 unspecified atom stereocenters. The highest BCUT2D eigenvalue weighted by Crippen LogP contribution is 2.17.